The Balaban J connectivity index is 2.35. The number of hydrogen-bond acceptors (Lipinski definition) is 4. The first-order chi connectivity index (χ1) is 8.63. The van der Waals surface area contributed by atoms with Crippen LogP contribution in [0.3, 0.4) is 0 Å². The Morgan fingerprint density at radius 2 is 2.28 bits per heavy atom. The summed E-state index contributed by atoms with van der Waals surface area (Å²) in [5, 5.41) is 9.17. The van der Waals surface area contributed by atoms with Gasteiger partial charge in [-0.2, -0.15) is 5.26 Å². The maximum absolute atomic E-state index is 12.3. The van der Waals surface area contributed by atoms with E-state index in [-0.39, 0.29) is 5.78 Å². The predicted molar refractivity (Wildman–Crippen MR) is 76.6 cm³/mol. The molecule has 0 aliphatic carbocycles. The lowest BCUT2D eigenvalue weighted by molar-refractivity contribution is 0.0982. The number of thiophene rings is 1. The molecule has 6 heteroatoms. The van der Waals surface area contributed by atoms with Crippen LogP contribution in [0.15, 0.2) is 38.9 Å². The summed E-state index contributed by atoms with van der Waals surface area (Å²) < 4.78 is 1.66. The van der Waals surface area contributed by atoms with Gasteiger partial charge in [-0.1, -0.05) is 6.07 Å². The minimum absolute atomic E-state index is 0.207. The fraction of sp³-hybridized carbons (Fsp3) is 0.0833. The summed E-state index contributed by atoms with van der Waals surface area (Å²) in [4.78, 5) is 16.7. The van der Waals surface area contributed by atoms with E-state index in [0.29, 0.717) is 10.4 Å². The third-order valence-electron chi connectivity index (χ3n) is 2.30. The first-order valence-corrected chi connectivity index (χ1v) is 7.32. The number of nitrogens with zero attached hydrogens (tertiary/aromatic N) is 2. The van der Waals surface area contributed by atoms with Crippen molar-refractivity contribution in [3.8, 4) is 6.07 Å². The Bertz CT molecular complexity index is 599. The molecule has 2 rings (SSSR count). The number of nitriles is 1. The zero-order valence-electron chi connectivity index (χ0n) is 8.93. The number of rotatable bonds is 3. The molecule has 90 valence electrons. The smallest absolute Gasteiger partial charge is 0.194 e. The molecule has 18 heavy (non-hydrogen) atoms. The first kappa shape index (κ1) is 13.4. The number of ketones is 1. The van der Waals surface area contributed by atoms with Crippen LogP contribution in [0.25, 0.3) is 0 Å². The minimum atomic E-state index is -0.809. The van der Waals surface area contributed by atoms with Crippen LogP contribution < -0.4 is 0 Å². The largest absolute Gasteiger partial charge is 0.291 e. The van der Waals surface area contributed by atoms with Gasteiger partial charge in [-0.05, 0) is 49.6 Å². The van der Waals surface area contributed by atoms with Gasteiger partial charge in [0.25, 0.3) is 0 Å². The summed E-state index contributed by atoms with van der Waals surface area (Å²) in [6.45, 7) is 0. The normalized spacial score (nSPS) is 11.8. The van der Waals surface area contributed by atoms with Gasteiger partial charge in [-0.25, -0.2) is 0 Å². The highest BCUT2D eigenvalue weighted by Crippen LogP contribution is 2.34. The zero-order valence-corrected chi connectivity index (χ0v) is 12.9. The molecule has 0 saturated heterocycles. The second kappa shape index (κ2) is 5.74. The van der Waals surface area contributed by atoms with Crippen molar-refractivity contribution in [3.05, 3.63) is 49.3 Å². The third kappa shape index (κ3) is 2.69. The summed E-state index contributed by atoms with van der Waals surface area (Å²) in [5.74, 6) is -1.02. The van der Waals surface area contributed by atoms with E-state index < -0.39 is 5.92 Å². The van der Waals surface area contributed by atoms with Crippen LogP contribution in [0, 0.1) is 11.3 Å². The number of pyridine rings is 1. The average molecular weight is 386 g/mol. The molecular weight excluding hydrogens is 380 g/mol. The summed E-state index contributed by atoms with van der Waals surface area (Å²) in [7, 11) is 0. The molecule has 0 aromatic carbocycles. The van der Waals surface area contributed by atoms with E-state index in [1.54, 1.807) is 30.6 Å². The molecule has 1 unspecified atom stereocenters. The Morgan fingerprint density at radius 1 is 1.50 bits per heavy atom. The molecule has 0 N–H and O–H groups in total. The van der Waals surface area contributed by atoms with Crippen molar-refractivity contribution in [1.29, 1.82) is 5.26 Å². The van der Waals surface area contributed by atoms with Gasteiger partial charge in [0, 0.05) is 16.9 Å². The number of Topliss-reactive ketones (excluding diaryl/α,β-unsaturated/α-hetero) is 1. The van der Waals surface area contributed by atoms with Gasteiger partial charge < -0.3 is 0 Å². The molecule has 0 spiro atoms. The average Bonchev–Trinajstić information content (AvgIpc) is 2.72. The molecule has 2 aromatic heterocycles. The molecule has 0 saturated carbocycles. The maximum atomic E-state index is 12.3. The van der Waals surface area contributed by atoms with Gasteiger partial charge in [-0.15, -0.1) is 11.3 Å². The topological polar surface area (TPSA) is 53.8 Å². The van der Waals surface area contributed by atoms with E-state index in [1.807, 2.05) is 6.07 Å². The molecule has 0 radical (unpaired) electrons. The van der Waals surface area contributed by atoms with Crippen LogP contribution in [0.1, 0.15) is 21.2 Å². The number of carbonyl (C=O) groups excluding carboxylic acids is 1. The van der Waals surface area contributed by atoms with Crippen molar-refractivity contribution < 1.29 is 4.79 Å². The molecule has 2 heterocycles. The molecule has 0 fully saturated rings. The Kier molecular flexibility index (Phi) is 4.27. The van der Waals surface area contributed by atoms with Crippen LogP contribution in [0.5, 0.6) is 0 Å². The van der Waals surface area contributed by atoms with Crippen LogP contribution in [-0.4, -0.2) is 10.8 Å². The highest BCUT2D eigenvalue weighted by molar-refractivity contribution is 9.13. The fourth-order valence-corrected chi connectivity index (χ4v) is 3.45. The van der Waals surface area contributed by atoms with Crippen LogP contribution in [0.2, 0.25) is 0 Å². The highest BCUT2D eigenvalue weighted by Gasteiger charge is 2.24. The quantitative estimate of drug-likeness (QED) is 0.745. The molecule has 0 aliphatic rings. The Morgan fingerprint density at radius 3 is 2.78 bits per heavy atom. The van der Waals surface area contributed by atoms with E-state index in [9.17, 15) is 4.79 Å². The molecule has 1 atom stereocenters. The lowest BCUT2D eigenvalue weighted by atomic mass is 9.97. The van der Waals surface area contributed by atoms with Gasteiger partial charge >= 0.3 is 0 Å². The minimum Gasteiger partial charge on any atom is -0.291 e. The van der Waals surface area contributed by atoms with Gasteiger partial charge in [0.05, 0.1) is 14.7 Å². The number of hydrogen-bond donors (Lipinski definition) is 0. The summed E-state index contributed by atoms with van der Waals surface area (Å²) in [6.07, 6.45) is 3.16. The number of carbonyl (C=O) groups is 1. The van der Waals surface area contributed by atoms with Crippen molar-refractivity contribution in [2.24, 2.45) is 0 Å². The van der Waals surface area contributed by atoms with Crippen molar-refractivity contribution >= 4 is 49.0 Å². The molecule has 2 aromatic rings. The monoisotopic (exact) mass is 384 g/mol. The number of aromatic nitrogens is 1. The second-order valence-corrected chi connectivity index (χ2v) is 6.67. The van der Waals surface area contributed by atoms with Gasteiger partial charge in [0.1, 0.15) is 5.92 Å². The summed E-state index contributed by atoms with van der Waals surface area (Å²) in [5.41, 5.74) is 0.616. The van der Waals surface area contributed by atoms with Crippen LogP contribution in [-0.2, 0) is 0 Å². The van der Waals surface area contributed by atoms with Crippen molar-refractivity contribution in [2.45, 2.75) is 5.92 Å². The zero-order chi connectivity index (χ0) is 13.1. The van der Waals surface area contributed by atoms with Crippen molar-refractivity contribution in [1.82, 2.24) is 4.98 Å². The number of halogens is 2. The maximum Gasteiger partial charge on any atom is 0.194 e. The first-order valence-electron chi connectivity index (χ1n) is 4.92. The molecule has 0 amide bonds. The Hall–Kier alpha value is -1.03. The molecular formula is C12H6Br2N2OS. The van der Waals surface area contributed by atoms with E-state index in [0.717, 1.165) is 8.26 Å². The van der Waals surface area contributed by atoms with E-state index >= 15 is 0 Å². The predicted octanol–water partition coefficient (Wildman–Crippen LogP) is 4.16. The van der Waals surface area contributed by atoms with Gasteiger partial charge in [0.15, 0.2) is 5.78 Å². The third-order valence-corrected chi connectivity index (χ3v) is 5.57. The fourth-order valence-electron chi connectivity index (χ4n) is 1.44. The SMILES string of the molecule is N#CC(C(=O)c1cc(Br)c(Br)s1)c1cccnc1. The molecule has 0 bridgehead atoms. The standard InChI is InChI=1S/C12H6Br2N2OS/c13-9-4-10(18-12(9)14)11(17)8(5-15)7-2-1-3-16-6-7/h1-4,6,8H. The van der Waals surface area contributed by atoms with Crippen LogP contribution in [0.4, 0.5) is 0 Å². The second-order valence-electron chi connectivity index (χ2n) is 3.45. The van der Waals surface area contributed by atoms with Crippen molar-refractivity contribution in [3.63, 3.8) is 0 Å². The highest BCUT2D eigenvalue weighted by atomic mass is 79.9. The lowest BCUT2D eigenvalue weighted by Gasteiger charge is -2.05. The summed E-state index contributed by atoms with van der Waals surface area (Å²) in [6, 6.07) is 7.20. The van der Waals surface area contributed by atoms with Crippen molar-refractivity contribution in [2.75, 3.05) is 0 Å². The van der Waals surface area contributed by atoms with Gasteiger partial charge in [-0.3, -0.25) is 9.78 Å². The summed E-state index contributed by atoms with van der Waals surface area (Å²) >= 11 is 7.97. The molecule has 3 nitrogen and oxygen atoms in total. The van der Waals surface area contributed by atoms with E-state index in [1.165, 1.54) is 11.3 Å². The Labute approximate surface area is 125 Å². The van der Waals surface area contributed by atoms with E-state index in [2.05, 4.69) is 36.8 Å². The van der Waals surface area contributed by atoms with Crippen LogP contribution >= 0.6 is 43.2 Å². The lowest BCUT2D eigenvalue weighted by Crippen LogP contribution is -2.09. The molecule has 0 aliphatic heterocycles. The van der Waals surface area contributed by atoms with E-state index in [4.69, 9.17) is 5.26 Å². The van der Waals surface area contributed by atoms with Gasteiger partial charge in [0.2, 0.25) is 0 Å².